The molecule has 2 aromatic heterocycles. The molecule has 100 valence electrons. The minimum Gasteiger partial charge on any atom is -0.364 e. The molecule has 4 rings (SSSR count). The van der Waals surface area contributed by atoms with Gasteiger partial charge in [0.25, 0.3) is 0 Å². The fourth-order valence-electron chi connectivity index (χ4n) is 2.59. The maximum absolute atomic E-state index is 4.59. The first-order valence-electron chi connectivity index (χ1n) is 6.73. The first kappa shape index (κ1) is 11.3. The van der Waals surface area contributed by atoms with Gasteiger partial charge in [-0.3, -0.25) is 4.98 Å². The van der Waals surface area contributed by atoms with E-state index in [0.717, 1.165) is 42.1 Å². The highest BCUT2D eigenvalue weighted by atomic mass is 15.3. The lowest BCUT2D eigenvalue weighted by atomic mass is 10.1. The molecule has 3 heterocycles. The molecule has 6 heteroatoms. The summed E-state index contributed by atoms with van der Waals surface area (Å²) in [6.07, 6.45) is 5.39. The number of rotatable bonds is 2. The molecule has 1 aromatic carbocycles. The van der Waals surface area contributed by atoms with Crippen molar-refractivity contribution in [3.63, 3.8) is 0 Å². The summed E-state index contributed by atoms with van der Waals surface area (Å²) < 4.78 is 1.95. The van der Waals surface area contributed by atoms with Gasteiger partial charge in [0, 0.05) is 12.5 Å². The van der Waals surface area contributed by atoms with Crippen LogP contribution in [-0.2, 0) is 13.0 Å². The Kier molecular flexibility index (Phi) is 2.58. The van der Waals surface area contributed by atoms with Crippen LogP contribution in [-0.4, -0.2) is 30.8 Å². The molecule has 1 N–H and O–H groups in total. The van der Waals surface area contributed by atoms with Crippen LogP contribution in [0.15, 0.2) is 36.8 Å². The predicted molar refractivity (Wildman–Crippen MR) is 75.3 cm³/mol. The van der Waals surface area contributed by atoms with Crippen LogP contribution in [0, 0.1) is 0 Å². The quantitative estimate of drug-likeness (QED) is 0.763. The van der Waals surface area contributed by atoms with Crippen LogP contribution in [0.25, 0.3) is 11.0 Å². The fraction of sp³-hybridized carbons (Fsp3) is 0.286. The van der Waals surface area contributed by atoms with Gasteiger partial charge in [0.05, 0.1) is 23.8 Å². The Hall–Kier alpha value is -2.50. The Balaban J connectivity index is 1.56. The number of hydrogen-bond donors (Lipinski definition) is 1. The lowest BCUT2D eigenvalue weighted by Crippen LogP contribution is -2.32. The zero-order chi connectivity index (χ0) is 13.4. The van der Waals surface area contributed by atoms with Crippen molar-refractivity contribution < 1.29 is 0 Å². The lowest BCUT2D eigenvalue weighted by molar-refractivity contribution is 0.441. The second kappa shape index (κ2) is 4.56. The van der Waals surface area contributed by atoms with Gasteiger partial charge in [-0.1, -0.05) is 12.1 Å². The largest absolute Gasteiger partial charge is 0.364 e. The van der Waals surface area contributed by atoms with Crippen molar-refractivity contribution in [2.75, 3.05) is 5.32 Å². The van der Waals surface area contributed by atoms with E-state index < -0.39 is 0 Å². The van der Waals surface area contributed by atoms with Crippen LogP contribution < -0.4 is 5.32 Å². The molecule has 20 heavy (non-hydrogen) atoms. The maximum Gasteiger partial charge on any atom is 0.145 e. The van der Waals surface area contributed by atoms with E-state index in [0.29, 0.717) is 6.04 Å². The number of nitrogens with zero attached hydrogens (tertiary/aromatic N) is 5. The van der Waals surface area contributed by atoms with Crippen molar-refractivity contribution in [2.45, 2.75) is 25.4 Å². The van der Waals surface area contributed by atoms with Crippen LogP contribution in [0.2, 0.25) is 0 Å². The van der Waals surface area contributed by atoms with Crippen molar-refractivity contribution in [1.29, 1.82) is 0 Å². The smallest absolute Gasteiger partial charge is 0.145 e. The van der Waals surface area contributed by atoms with Crippen LogP contribution in [0.1, 0.15) is 12.2 Å². The topological polar surface area (TPSA) is 68.5 Å². The van der Waals surface area contributed by atoms with Crippen molar-refractivity contribution >= 4 is 16.9 Å². The average molecular weight is 266 g/mol. The highest BCUT2D eigenvalue weighted by Gasteiger charge is 2.19. The second-order valence-electron chi connectivity index (χ2n) is 4.98. The molecule has 1 atom stereocenters. The molecule has 1 aliphatic heterocycles. The van der Waals surface area contributed by atoms with E-state index >= 15 is 0 Å². The normalized spacial score (nSPS) is 17.9. The van der Waals surface area contributed by atoms with Crippen LogP contribution >= 0.6 is 0 Å². The van der Waals surface area contributed by atoms with Crippen molar-refractivity contribution in [3.8, 4) is 0 Å². The molecule has 0 amide bonds. The Morgan fingerprint density at radius 1 is 1.15 bits per heavy atom. The third-order valence-electron chi connectivity index (χ3n) is 3.61. The van der Waals surface area contributed by atoms with Gasteiger partial charge < -0.3 is 5.32 Å². The summed E-state index contributed by atoms with van der Waals surface area (Å²) in [7, 11) is 0. The Morgan fingerprint density at radius 3 is 3.00 bits per heavy atom. The highest BCUT2D eigenvalue weighted by Crippen LogP contribution is 2.17. The molecular formula is C14H14N6. The first-order chi connectivity index (χ1) is 9.88. The fourth-order valence-corrected chi connectivity index (χ4v) is 2.59. The SMILES string of the molecule is c1ccc2nc(N[C@H]3CCc4ncnn4C3)cnc2c1. The zero-order valence-electron chi connectivity index (χ0n) is 10.9. The minimum absolute atomic E-state index is 0.319. The number of fused-ring (bicyclic) bond motifs is 2. The number of anilines is 1. The first-order valence-corrected chi connectivity index (χ1v) is 6.73. The van der Waals surface area contributed by atoms with E-state index in [1.165, 1.54) is 0 Å². The molecule has 0 saturated heterocycles. The van der Waals surface area contributed by atoms with Gasteiger partial charge in [-0.05, 0) is 18.6 Å². The number of nitrogens with one attached hydrogen (secondary N) is 1. The number of hydrogen-bond acceptors (Lipinski definition) is 5. The summed E-state index contributed by atoms with van der Waals surface area (Å²) in [4.78, 5) is 13.3. The maximum atomic E-state index is 4.59. The molecule has 0 bridgehead atoms. The monoisotopic (exact) mass is 266 g/mol. The third-order valence-corrected chi connectivity index (χ3v) is 3.61. The highest BCUT2D eigenvalue weighted by molar-refractivity contribution is 5.75. The van der Waals surface area contributed by atoms with E-state index in [-0.39, 0.29) is 0 Å². The van der Waals surface area contributed by atoms with Crippen molar-refractivity contribution in [1.82, 2.24) is 24.7 Å². The molecule has 0 aliphatic carbocycles. The predicted octanol–water partition coefficient (Wildman–Crippen LogP) is 1.65. The van der Waals surface area contributed by atoms with Crippen LogP contribution in [0.4, 0.5) is 5.82 Å². The van der Waals surface area contributed by atoms with E-state index in [4.69, 9.17) is 0 Å². The Bertz CT molecular complexity index is 750. The van der Waals surface area contributed by atoms with Crippen LogP contribution in [0.5, 0.6) is 0 Å². The number of para-hydroxylation sites is 2. The summed E-state index contributed by atoms with van der Waals surface area (Å²) in [5.41, 5.74) is 1.83. The van der Waals surface area contributed by atoms with Gasteiger partial charge in [-0.15, -0.1) is 0 Å². The van der Waals surface area contributed by atoms with Gasteiger partial charge in [0.2, 0.25) is 0 Å². The van der Waals surface area contributed by atoms with Crippen molar-refractivity contribution in [2.24, 2.45) is 0 Å². The summed E-state index contributed by atoms with van der Waals surface area (Å²) in [6, 6.07) is 8.21. The van der Waals surface area contributed by atoms with E-state index in [1.54, 1.807) is 12.5 Å². The van der Waals surface area contributed by atoms with Gasteiger partial charge in [0.15, 0.2) is 0 Å². The Morgan fingerprint density at radius 2 is 2.05 bits per heavy atom. The molecule has 0 unspecified atom stereocenters. The van der Waals surface area contributed by atoms with Crippen molar-refractivity contribution in [3.05, 3.63) is 42.6 Å². The third kappa shape index (κ3) is 1.99. The second-order valence-corrected chi connectivity index (χ2v) is 4.98. The summed E-state index contributed by atoms with van der Waals surface area (Å²) in [6.45, 7) is 0.823. The lowest BCUT2D eigenvalue weighted by Gasteiger charge is -2.23. The van der Waals surface area contributed by atoms with Gasteiger partial charge in [0.1, 0.15) is 18.0 Å². The van der Waals surface area contributed by atoms with Gasteiger partial charge >= 0.3 is 0 Å². The molecule has 0 spiro atoms. The number of benzene rings is 1. The summed E-state index contributed by atoms with van der Waals surface area (Å²) >= 11 is 0. The van der Waals surface area contributed by atoms with Gasteiger partial charge in [-0.25, -0.2) is 14.6 Å². The molecule has 0 fully saturated rings. The molecule has 3 aromatic rings. The van der Waals surface area contributed by atoms with E-state index in [1.807, 2.05) is 28.9 Å². The molecule has 0 radical (unpaired) electrons. The Labute approximate surface area is 115 Å². The average Bonchev–Trinajstić information content (AvgIpc) is 2.95. The standard InChI is InChI=1S/C14H14N6/c1-2-4-12-11(3-1)15-7-13(19-12)18-10-5-6-14-16-9-17-20(14)8-10/h1-4,7,9-10H,5-6,8H2,(H,18,19)/t10-/m0/s1. The summed E-state index contributed by atoms with van der Waals surface area (Å²) in [5, 5.41) is 7.67. The molecule has 0 saturated carbocycles. The zero-order valence-corrected chi connectivity index (χ0v) is 10.9. The molecule has 1 aliphatic rings. The van der Waals surface area contributed by atoms with E-state index in [9.17, 15) is 0 Å². The number of aromatic nitrogens is 5. The molecule has 6 nitrogen and oxygen atoms in total. The minimum atomic E-state index is 0.319. The van der Waals surface area contributed by atoms with Crippen LogP contribution in [0.3, 0.4) is 0 Å². The summed E-state index contributed by atoms with van der Waals surface area (Å²) in [5.74, 6) is 1.88. The van der Waals surface area contributed by atoms with E-state index in [2.05, 4.69) is 25.4 Å². The molecular weight excluding hydrogens is 252 g/mol. The number of aryl methyl sites for hydroxylation is 1. The van der Waals surface area contributed by atoms with Gasteiger partial charge in [-0.2, -0.15) is 5.10 Å².